The Kier molecular flexibility index (Phi) is 9.27. The van der Waals surface area contributed by atoms with Crippen LogP contribution in [0, 0.1) is 6.92 Å². The molecule has 0 aliphatic rings. The number of methoxy groups -OCH3 is 1. The molecule has 37 heavy (non-hydrogen) atoms. The third kappa shape index (κ3) is 6.87. The highest BCUT2D eigenvalue weighted by Gasteiger charge is 2.31. The van der Waals surface area contributed by atoms with Gasteiger partial charge in [-0.15, -0.1) is 0 Å². The van der Waals surface area contributed by atoms with Crippen molar-refractivity contribution >= 4 is 22.5 Å². The van der Waals surface area contributed by atoms with Crippen molar-refractivity contribution in [2.75, 3.05) is 25.8 Å². The van der Waals surface area contributed by atoms with Crippen LogP contribution in [0.1, 0.15) is 49.0 Å². The first-order valence-corrected chi connectivity index (χ1v) is 12.0. The predicted molar refractivity (Wildman–Crippen MR) is 140 cm³/mol. The van der Waals surface area contributed by atoms with Crippen molar-refractivity contribution in [1.82, 2.24) is 15.1 Å². The van der Waals surface area contributed by atoms with Gasteiger partial charge in [-0.3, -0.25) is 4.79 Å². The Bertz CT molecular complexity index is 1350. The van der Waals surface area contributed by atoms with Crippen molar-refractivity contribution in [3.63, 3.8) is 0 Å². The maximum atomic E-state index is 12.4. The van der Waals surface area contributed by atoms with E-state index in [1.807, 2.05) is 30.3 Å². The zero-order chi connectivity index (χ0) is 27.0. The molecule has 0 atom stereocenters. The Hall–Kier alpha value is -3.88. The van der Waals surface area contributed by atoms with Gasteiger partial charge in [0.15, 0.2) is 0 Å². The van der Waals surface area contributed by atoms with Gasteiger partial charge in [0.25, 0.3) is 0 Å². The lowest BCUT2D eigenvalue weighted by molar-refractivity contribution is -0.114. The van der Waals surface area contributed by atoms with Crippen molar-refractivity contribution in [2.24, 2.45) is 0 Å². The molecule has 4 aromatic rings. The molecule has 2 heterocycles. The summed E-state index contributed by atoms with van der Waals surface area (Å²) in [7, 11) is 1.68. The fraction of sp³-hybridized carbons (Fsp3) is 0.357. The fourth-order valence-corrected chi connectivity index (χ4v) is 3.76. The molecule has 7 nitrogen and oxygen atoms in total. The molecule has 0 aliphatic carbocycles. The van der Waals surface area contributed by atoms with E-state index in [1.165, 1.54) is 13.8 Å². The zero-order valence-electron chi connectivity index (χ0n) is 21.8. The van der Waals surface area contributed by atoms with Gasteiger partial charge < -0.3 is 14.6 Å². The third-order valence-corrected chi connectivity index (χ3v) is 5.93. The minimum atomic E-state index is -1.17. The number of carbonyl (C=O) groups is 1. The van der Waals surface area contributed by atoms with Gasteiger partial charge in [0.2, 0.25) is 5.91 Å². The van der Waals surface area contributed by atoms with Crippen molar-refractivity contribution in [3.05, 3.63) is 77.1 Å². The van der Waals surface area contributed by atoms with E-state index >= 15 is 0 Å². The second-order valence-electron chi connectivity index (χ2n) is 9.07. The number of amides is 1. The molecule has 2 aromatic carbocycles. The van der Waals surface area contributed by atoms with Crippen molar-refractivity contribution in [3.8, 4) is 5.75 Å². The first-order chi connectivity index (χ1) is 17.7. The van der Waals surface area contributed by atoms with Gasteiger partial charge in [0.05, 0.1) is 29.4 Å². The van der Waals surface area contributed by atoms with Gasteiger partial charge in [-0.2, -0.15) is 0 Å². The Morgan fingerprint density at radius 1 is 1.14 bits per heavy atom. The summed E-state index contributed by atoms with van der Waals surface area (Å²) in [5.74, 6) is 1.04. The molecule has 0 radical (unpaired) electrons. The van der Waals surface area contributed by atoms with Crippen LogP contribution in [0.25, 0.3) is 10.9 Å². The van der Waals surface area contributed by atoms with Gasteiger partial charge in [-0.25, -0.2) is 18.7 Å². The molecule has 1 amide bonds. The summed E-state index contributed by atoms with van der Waals surface area (Å²) < 4.78 is 35.1. The molecule has 0 saturated carbocycles. The third-order valence-electron chi connectivity index (χ3n) is 5.93. The maximum Gasteiger partial charge on any atom is 0.221 e. The zero-order valence-corrected chi connectivity index (χ0v) is 21.8. The maximum absolute atomic E-state index is 12.4. The monoisotopic (exact) mass is 510 g/mol. The molecule has 9 heteroatoms. The number of carbonyl (C=O) groups excluding carboxylic acids is 1. The number of hydrogen-bond donors (Lipinski definition) is 1. The van der Waals surface area contributed by atoms with Crippen molar-refractivity contribution < 1.29 is 22.8 Å². The summed E-state index contributed by atoms with van der Waals surface area (Å²) in [6.45, 7) is 5.22. The van der Waals surface area contributed by atoms with Crippen molar-refractivity contribution in [2.45, 2.75) is 46.0 Å². The number of nitrogens with zero attached hydrogens (tertiary/aromatic N) is 3. The Morgan fingerprint density at radius 2 is 1.89 bits per heavy atom. The number of ether oxygens (including phenoxy) is 1. The number of aryl methyl sites for hydroxylation is 2. The number of fused-ring (bicyclic) bond motifs is 1. The van der Waals surface area contributed by atoms with E-state index in [9.17, 15) is 13.6 Å². The van der Waals surface area contributed by atoms with E-state index in [4.69, 9.17) is 9.26 Å². The van der Waals surface area contributed by atoms with Crippen LogP contribution in [-0.4, -0.2) is 41.5 Å². The summed E-state index contributed by atoms with van der Waals surface area (Å²) in [6.07, 6.45) is 3.13. The largest absolute Gasteiger partial charge is 0.496 e. The summed E-state index contributed by atoms with van der Waals surface area (Å²) in [5.41, 5.74) is 4.32. The standard InChI is InChI=1S/C20H21N3O2.C8H11F2NO/c1-4-15-10-17-18(21-12-22-19(17)11-20(15)25-3)9-14-6-5-7-16(8-14)23-13(2)24;1-6-3-7(12-11-6)8(2,4-9)5-10/h5-8,10-12H,4,9H2,1-3H3,(H,23,24);3H,4-5H2,1-2H3. The number of halogens is 2. The lowest BCUT2D eigenvalue weighted by atomic mass is 9.91. The number of benzene rings is 2. The van der Waals surface area contributed by atoms with Crippen LogP contribution in [0.15, 0.2) is 53.3 Å². The molecular formula is C28H32F2N4O3. The molecule has 4 rings (SSSR count). The van der Waals surface area contributed by atoms with Gasteiger partial charge in [0, 0.05) is 36.6 Å². The van der Waals surface area contributed by atoms with E-state index in [0.29, 0.717) is 12.1 Å². The molecule has 0 spiro atoms. The topological polar surface area (TPSA) is 90.1 Å². The predicted octanol–water partition coefficient (Wildman–Crippen LogP) is 5.93. The molecule has 0 fully saturated rings. The smallest absolute Gasteiger partial charge is 0.221 e. The molecule has 0 aliphatic heterocycles. The highest BCUT2D eigenvalue weighted by molar-refractivity contribution is 5.88. The lowest BCUT2D eigenvalue weighted by Crippen LogP contribution is -2.26. The van der Waals surface area contributed by atoms with Crippen LogP contribution in [0.5, 0.6) is 5.75 Å². The highest BCUT2D eigenvalue weighted by atomic mass is 19.1. The summed E-state index contributed by atoms with van der Waals surface area (Å²) in [4.78, 5) is 20.1. The van der Waals surface area contributed by atoms with Crippen molar-refractivity contribution in [1.29, 1.82) is 0 Å². The Morgan fingerprint density at radius 3 is 2.49 bits per heavy atom. The Balaban J connectivity index is 0.000000266. The summed E-state index contributed by atoms with van der Waals surface area (Å²) in [6, 6.07) is 13.4. The minimum absolute atomic E-state index is 0.0793. The average Bonchev–Trinajstić information content (AvgIpc) is 3.34. The van der Waals surface area contributed by atoms with E-state index in [2.05, 4.69) is 33.4 Å². The molecule has 196 valence electrons. The van der Waals surface area contributed by atoms with Crippen LogP contribution in [0.2, 0.25) is 0 Å². The van der Waals surface area contributed by atoms with E-state index in [0.717, 1.165) is 45.6 Å². The van der Waals surface area contributed by atoms with Gasteiger partial charge in [-0.1, -0.05) is 24.2 Å². The average molecular weight is 511 g/mol. The van der Waals surface area contributed by atoms with E-state index < -0.39 is 18.8 Å². The molecule has 0 saturated heterocycles. The minimum Gasteiger partial charge on any atom is -0.496 e. The second-order valence-corrected chi connectivity index (χ2v) is 9.07. The second kappa shape index (κ2) is 12.4. The van der Waals surface area contributed by atoms with Gasteiger partial charge in [-0.05, 0) is 49.6 Å². The Labute approximate surface area is 215 Å². The van der Waals surface area contributed by atoms with Crippen LogP contribution in [-0.2, 0) is 23.1 Å². The quantitative estimate of drug-likeness (QED) is 0.316. The SMILES string of the molecule is CCc1cc2c(Cc3cccc(NC(C)=O)c3)ncnc2cc1OC.Cc1cc(C(C)(CF)CF)on1. The van der Waals surface area contributed by atoms with Gasteiger partial charge >= 0.3 is 0 Å². The number of aromatic nitrogens is 3. The van der Waals surface area contributed by atoms with Crippen LogP contribution >= 0.6 is 0 Å². The highest BCUT2D eigenvalue weighted by Crippen LogP contribution is 2.28. The van der Waals surface area contributed by atoms with Gasteiger partial charge in [0.1, 0.15) is 31.2 Å². The normalized spacial score (nSPS) is 11.1. The van der Waals surface area contributed by atoms with Crippen LogP contribution in [0.4, 0.5) is 14.5 Å². The molecular weight excluding hydrogens is 478 g/mol. The summed E-state index contributed by atoms with van der Waals surface area (Å²) >= 11 is 0. The molecule has 0 unspecified atom stereocenters. The number of alkyl halides is 2. The number of rotatable bonds is 8. The first kappa shape index (κ1) is 27.7. The lowest BCUT2D eigenvalue weighted by Gasteiger charge is -2.17. The molecule has 2 aromatic heterocycles. The van der Waals surface area contributed by atoms with Crippen LogP contribution in [0.3, 0.4) is 0 Å². The van der Waals surface area contributed by atoms with E-state index in [1.54, 1.807) is 26.4 Å². The number of anilines is 1. The van der Waals surface area contributed by atoms with E-state index in [-0.39, 0.29) is 11.7 Å². The van der Waals surface area contributed by atoms with Crippen LogP contribution < -0.4 is 10.1 Å². The number of hydrogen-bond acceptors (Lipinski definition) is 6. The molecule has 1 N–H and O–H groups in total. The fourth-order valence-electron chi connectivity index (χ4n) is 3.76. The number of nitrogens with one attached hydrogen (secondary N) is 1. The molecule has 0 bridgehead atoms. The summed E-state index contributed by atoms with van der Waals surface area (Å²) in [5, 5.41) is 7.42. The first-order valence-electron chi connectivity index (χ1n) is 12.0.